The average molecular weight is 286 g/mol. The van der Waals surface area contributed by atoms with Gasteiger partial charge in [0.15, 0.2) is 5.82 Å². The van der Waals surface area contributed by atoms with Crippen LogP contribution >= 0.6 is 0 Å². The maximum atomic E-state index is 11.5. The number of anilines is 3. The van der Waals surface area contributed by atoms with Gasteiger partial charge in [0.05, 0.1) is 17.4 Å². The van der Waals surface area contributed by atoms with E-state index in [1.54, 1.807) is 6.33 Å². The van der Waals surface area contributed by atoms with Crippen molar-refractivity contribution in [2.45, 2.75) is 25.8 Å². The number of fused-ring (bicyclic) bond motifs is 1. The second-order valence-electron chi connectivity index (χ2n) is 5.31. The van der Waals surface area contributed by atoms with Crippen LogP contribution in [-0.2, 0) is 18.3 Å². The van der Waals surface area contributed by atoms with Gasteiger partial charge in [-0.25, -0.2) is 0 Å². The smallest absolute Gasteiger partial charge is 0.224 e. The average Bonchev–Trinajstić information content (AvgIpc) is 2.86. The van der Waals surface area contributed by atoms with Crippen LogP contribution < -0.4 is 16.4 Å². The molecule has 0 spiro atoms. The Morgan fingerprint density at radius 2 is 2.24 bits per heavy atom. The molecular formula is C14H18N6O. The highest BCUT2D eigenvalue weighted by atomic mass is 16.1. The van der Waals surface area contributed by atoms with E-state index in [1.807, 2.05) is 30.7 Å². The van der Waals surface area contributed by atoms with Gasteiger partial charge in [-0.1, -0.05) is 0 Å². The van der Waals surface area contributed by atoms with E-state index in [0.29, 0.717) is 12.1 Å². The molecule has 0 aliphatic carbocycles. The highest BCUT2D eigenvalue weighted by Gasteiger charge is 2.18. The standard InChI is InChI=1S/C14H18N6O/c1-8(14-19-16-7-20(14)2)17-12-6-11-9(5-10(12)15)3-4-13(21)18-11/h5-8,17H,3-4,15H2,1-2H3,(H,18,21). The number of hydrogen-bond donors (Lipinski definition) is 3. The van der Waals surface area contributed by atoms with Crippen molar-refractivity contribution in [1.82, 2.24) is 14.8 Å². The normalized spacial score (nSPS) is 15.2. The monoisotopic (exact) mass is 286 g/mol. The molecule has 1 aliphatic rings. The van der Waals surface area contributed by atoms with E-state index < -0.39 is 0 Å². The third kappa shape index (κ3) is 2.54. The minimum absolute atomic E-state index is 0.0413. The van der Waals surface area contributed by atoms with E-state index in [9.17, 15) is 4.79 Å². The fraction of sp³-hybridized carbons (Fsp3) is 0.357. The van der Waals surface area contributed by atoms with Crippen LogP contribution in [0.4, 0.5) is 17.1 Å². The molecule has 2 heterocycles. The number of nitrogens with zero attached hydrogens (tertiary/aromatic N) is 3. The van der Waals surface area contributed by atoms with Crippen molar-refractivity contribution in [3.8, 4) is 0 Å². The number of hydrogen-bond acceptors (Lipinski definition) is 5. The lowest BCUT2D eigenvalue weighted by Gasteiger charge is -2.21. The van der Waals surface area contributed by atoms with Gasteiger partial charge in [0.2, 0.25) is 5.91 Å². The fourth-order valence-electron chi connectivity index (χ4n) is 2.55. The SMILES string of the molecule is CC(Nc1cc2c(cc1N)CCC(=O)N2)c1nncn1C. The largest absolute Gasteiger partial charge is 0.397 e. The second kappa shape index (κ2) is 5.08. The molecule has 0 saturated heterocycles. The van der Waals surface area contributed by atoms with Gasteiger partial charge < -0.3 is 20.9 Å². The number of aromatic nitrogens is 3. The Bertz CT molecular complexity index is 693. The van der Waals surface area contributed by atoms with Crippen molar-refractivity contribution in [3.05, 3.63) is 29.8 Å². The first kappa shape index (κ1) is 13.4. The van der Waals surface area contributed by atoms with Crippen molar-refractivity contribution in [1.29, 1.82) is 0 Å². The van der Waals surface area contributed by atoms with Gasteiger partial charge in [-0.05, 0) is 31.0 Å². The molecule has 1 aromatic carbocycles. The van der Waals surface area contributed by atoms with Crippen molar-refractivity contribution in [2.24, 2.45) is 7.05 Å². The number of aryl methyl sites for hydroxylation is 2. The Morgan fingerprint density at radius 1 is 1.43 bits per heavy atom. The van der Waals surface area contributed by atoms with Crippen molar-refractivity contribution < 1.29 is 4.79 Å². The molecule has 4 N–H and O–H groups in total. The van der Waals surface area contributed by atoms with Gasteiger partial charge in [-0.3, -0.25) is 4.79 Å². The van der Waals surface area contributed by atoms with Gasteiger partial charge in [0.25, 0.3) is 0 Å². The Labute approximate surface area is 122 Å². The second-order valence-corrected chi connectivity index (χ2v) is 5.31. The van der Waals surface area contributed by atoms with E-state index in [1.165, 1.54) is 0 Å². The van der Waals surface area contributed by atoms with Crippen molar-refractivity contribution >= 4 is 23.0 Å². The number of carbonyl (C=O) groups is 1. The zero-order valence-corrected chi connectivity index (χ0v) is 12.1. The number of benzene rings is 1. The molecule has 1 unspecified atom stereocenters. The predicted molar refractivity (Wildman–Crippen MR) is 80.8 cm³/mol. The highest BCUT2D eigenvalue weighted by molar-refractivity contribution is 5.95. The maximum Gasteiger partial charge on any atom is 0.224 e. The van der Waals surface area contributed by atoms with Gasteiger partial charge >= 0.3 is 0 Å². The molecule has 21 heavy (non-hydrogen) atoms. The van der Waals surface area contributed by atoms with E-state index in [0.717, 1.165) is 29.2 Å². The lowest BCUT2D eigenvalue weighted by molar-refractivity contribution is -0.116. The molecule has 1 aliphatic heterocycles. The third-order valence-corrected chi connectivity index (χ3v) is 3.68. The summed E-state index contributed by atoms with van der Waals surface area (Å²) >= 11 is 0. The topological polar surface area (TPSA) is 97.9 Å². The summed E-state index contributed by atoms with van der Waals surface area (Å²) in [5.41, 5.74) is 9.45. The number of nitrogens with two attached hydrogens (primary N) is 1. The van der Waals surface area contributed by atoms with E-state index >= 15 is 0 Å². The number of carbonyl (C=O) groups excluding carboxylic acids is 1. The van der Waals surface area contributed by atoms with Crippen molar-refractivity contribution in [3.63, 3.8) is 0 Å². The minimum Gasteiger partial charge on any atom is -0.397 e. The Balaban J connectivity index is 1.87. The Morgan fingerprint density at radius 3 is 2.95 bits per heavy atom. The molecule has 1 amide bonds. The van der Waals surface area contributed by atoms with Crippen LogP contribution in [0, 0.1) is 0 Å². The molecule has 0 bridgehead atoms. The van der Waals surface area contributed by atoms with Gasteiger partial charge in [-0.15, -0.1) is 10.2 Å². The quantitative estimate of drug-likeness (QED) is 0.742. The molecule has 1 aromatic heterocycles. The predicted octanol–water partition coefficient (Wildman–Crippen LogP) is 1.46. The summed E-state index contributed by atoms with van der Waals surface area (Å²) in [5, 5.41) is 14.2. The molecule has 7 nitrogen and oxygen atoms in total. The number of amides is 1. The molecule has 0 fully saturated rings. The van der Waals surface area contributed by atoms with Crippen LogP contribution in [-0.4, -0.2) is 20.7 Å². The van der Waals surface area contributed by atoms with Gasteiger partial charge in [0, 0.05) is 19.2 Å². The summed E-state index contributed by atoms with van der Waals surface area (Å²) in [6.45, 7) is 1.99. The molecule has 110 valence electrons. The van der Waals surface area contributed by atoms with Crippen LogP contribution in [0.2, 0.25) is 0 Å². The minimum atomic E-state index is -0.0443. The van der Waals surface area contributed by atoms with Crippen LogP contribution in [0.3, 0.4) is 0 Å². The van der Waals surface area contributed by atoms with E-state index in [-0.39, 0.29) is 11.9 Å². The number of rotatable bonds is 3. The summed E-state index contributed by atoms with van der Waals surface area (Å²) in [6, 6.07) is 3.76. The Hall–Kier alpha value is -2.57. The maximum absolute atomic E-state index is 11.5. The summed E-state index contributed by atoms with van der Waals surface area (Å²) in [4.78, 5) is 11.5. The van der Waals surface area contributed by atoms with E-state index in [4.69, 9.17) is 5.73 Å². The molecule has 2 aromatic rings. The molecular weight excluding hydrogens is 268 g/mol. The zero-order chi connectivity index (χ0) is 15.0. The Kier molecular flexibility index (Phi) is 3.25. The zero-order valence-electron chi connectivity index (χ0n) is 12.1. The first-order chi connectivity index (χ1) is 10.0. The summed E-state index contributed by atoms with van der Waals surface area (Å²) in [6.07, 6.45) is 2.89. The molecule has 3 rings (SSSR count). The highest BCUT2D eigenvalue weighted by Crippen LogP contribution is 2.32. The fourth-order valence-corrected chi connectivity index (χ4v) is 2.55. The molecule has 1 atom stereocenters. The molecule has 0 saturated carbocycles. The lowest BCUT2D eigenvalue weighted by Crippen LogP contribution is -2.20. The van der Waals surface area contributed by atoms with Crippen LogP contribution in [0.1, 0.15) is 30.8 Å². The summed E-state index contributed by atoms with van der Waals surface area (Å²) in [7, 11) is 1.89. The van der Waals surface area contributed by atoms with Crippen molar-refractivity contribution in [2.75, 3.05) is 16.4 Å². The van der Waals surface area contributed by atoms with Gasteiger partial charge in [0.1, 0.15) is 6.33 Å². The number of nitrogens with one attached hydrogen (secondary N) is 2. The molecule has 0 radical (unpaired) electrons. The first-order valence-electron chi connectivity index (χ1n) is 6.87. The van der Waals surface area contributed by atoms with Crippen LogP contribution in [0.15, 0.2) is 18.5 Å². The van der Waals surface area contributed by atoms with Crippen LogP contribution in [0.25, 0.3) is 0 Å². The third-order valence-electron chi connectivity index (χ3n) is 3.68. The lowest BCUT2D eigenvalue weighted by atomic mass is 10.0. The number of nitrogen functional groups attached to an aromatic ring is 1. The van der Waals surface area contributed by atoms with E-state index in [2.05, 4.69) is 20.8 Å². The first-order valence-corrected chi connectivity index (χ1v) is 6.87. The summed E-state index contributed by atoms with van der Waals surface area (Å²) < 4.78 is 1.86. The summed E-state index contributed by atoms with van der Waals surface area (Å²) in [5.74, 6) is 0.857. The van der Waals surface area contributed by atoms with Gasteiger partial charge in [-0.2, -0.15) is 0 Å². The molecule has 7 heteroatoms. The van der Waals surface area contributed by atoms with Crippen LogP contribution in [0.5, 0.6) is 0 Å².